The molecule has 1 saturated heterocycles. The highest BCUT2D eigenvalue weighted by Crippen LogP contribution is 2.28. The number of aryl methyl sites for hydroxylation is 1. The molecule has 0 bridgehead atoms. The predicted molar refractivity (Wildman–Crippen MR) is 142 cm³/mol. The van der Waals surface area contributed by atoms with Crippen LogP contribution in [-0.4, -0.2) is 33.0 Å². The van der Waals surface area contributed by atoms with Crippen LogP contribution in [0.1, 0.15) is 5.56 Å². The van der Waals surface area contributed by atoms with Gasteiger partial charge in [0.1, 0.15) is 28.9 Å². The van der Waals surface area contributed by atoms with E-state index >= 15 is 0 Å². The lowest BCUT2D eigenvalue weighted by molar-refractivity contribution is -0.0796. The highest BCUT2D eigenvalue weighted by atomic mass is 127. The van der Waals surface area contributed by atoms with Gasteiger partial charge >= 0.3 is 5.69 Å². The van der Waals surface area contributed by atoms with E-state index in [9.17, 15) is 18.8 Å². The Bertz CT molecular complexity index is 1700. The zero-order valence-corrected chi connectivity index (χ0v) is 21.8. The maximum atomic E-state index is 14.7. The second-order valence-corrected chi connectivity index (χ2v) is 9.81. The van der Waals surface area contributed by atoms with E-state index in [0.29, 0.717) is 28.2 Å². The lowest BCUT2D eigenvalue weighted by Gasteiger charge is -2.27. The van der Waals surface area contributed by atoms with E-state index in [-0.39, 0.29) is 34.1 Å². The lowest BCUT2D eigenvalue weighted by atomic mass is 10.1. The minimum atomic E-state index is -0.626. The quantitative estimate of drug-likeness (QED) is 0.352. The number of hydrogen-bond acceptors (Lipinski definition) is 6. The summed E-state index contributed by atoms with van der Waals surface area (Å²) < 4.78 is 30.0. The predicted octanol–water partition coefficient (Wildman–Crippen LogP) is 2.96. The fourth-order valence-corrected chi connectivity index (χ4v) is 4.63. The fraction of sp³-hybridized carbons (Fsp3) is 0.240. The molecule has 0 saturated carbocycles. The van der Waals surface area contributed by atoms with Crippen molar-refractivity contribution in [1.29, 1.82) is 0 Å². The molecule has 186 valence electrons. The van der Waals surface area contributed by atoms with Crippen LogP contribution in [0.4, 0.5) is 15.9 Å². The zero-order chi connectivity index (χ0) is 25.7. The first-order valence-corrected chi connectivity index (χ1v) is 12.2. The van der Waals surface area contributed by atoms with Crippen molar-refractivity contribution in [2.24, 2.45) is 14.1 Å². The maximum absolute atomic E-state index is 14.7. The van der Waals surface area contributed by atoms with Crippen LogP contribution in [0.5, 0.6) is 5.75 Å². The van der Waals surface area contributed by atoms with Crippen LogP contribution in [0, 0.1) is 16.3 Å². The summed E-state index contributed by atoms with van der Waals surface area (Å²) in [6, 6.07) is 11.4. The summed E-state index contributed by atoms with van der Waals surface area (Å²) in [6.45, 7) is 2.51. The third-order valence-corrected chi connectivity index (χ3v) is 6.85. The summed E-state index contributed by atoms with van der Waals surface area (Å²) in [4.78, 5) is 40.1. The Labute approximate surface area is 217 Å². The molecule has 0 atom stereocenters. The van der Waals surface area contributed by atoms with E-state index in [1.165, 1.54) is 35.4 Å². The number of rotatable bonds is 5. The molecule has 1 aliphatic rings. The molecule has 4 aromatic rings. The van der Waals surface area contributed by atoms with Crippen molar-refractivity contribution in [2.45, 2.75) is 13.0 Å². The first kappa shape index (κ1) is 24.3. The third-order valence-electron chi connectivity index (χ3n) is 6.18. The van der Waals surface area contributed by atoms with Crippen LogP contribution < -0.4 is 26.9 Å². The van der Waals surface area contributed by atoms with E-state index in [1.807, 2.05) is 22.6 Å². The minimum absolute atomic E-state index is 0.0772. The topological polar surface area (TPSA) is 96.5 Å². The molecule has 3 heterocycles. The molecule has 2 aromatic carbocycles. The molecular formula is C25H22FIN4O5. The Morgan fingerprint density at radius 2 is 1.81 bits per heavy atom. The molecule has 36 heavy (non-hydrogen) atoms. The average Bonchev–Trinajstić information content (AvgIpc) is 2.83. The van der Waals surface area contributed by atoms with Crippen molar-refractivity contribution in [3.63, 3.8) is 0 Å². The van der Waals surface area contributed by atoms with E-state index in [1.54, 1.807) is 37.3 Å². The summed E-state index contributed by atoms with van der Waals surface area (Å²) in [7, 11) is 2.86. The fourth-order valence-electron chi connectivity index (χ4n) is 4.18. The summed E-state index contributed by atoms with van der Waals surface area (Å²) in [5.74, 6) is 0.0580. The van der Waals surface area contributed by atoms with Crippen LogP contribution >= 0.6 is 22.6 Å². The van der Waals surface area contributed by atoms with Gasteiger partial charge in [-0.25, -0.2) is 9.18 Å². The number of nitrogens with one attached hydrogen (secondary N) is 1. The van der Waals surface area contributed by atoms with Gasteiger partial charge in [-0.3, -0.25) is 23.3 Å². The maximum Gasteiger partial charge on any atom is 0.335 e. The van der Waals surface area contributed by atoms with Crippen LogP contribution in [0.2, 0.25) is 0 Å². The Morgan fingerprint density at radius 1 is 1.06 bits per heavy atom. The highest BCUT2D eigenvalue weighted by molar-refractivity contribution is 14.1. The van der Waals surface area contributed by atoms with Gasteiger partial charge in [-0.1, -0.05) is 6.07 Å². The second-order valence-electron chi connectivity index (χ2n) is 8.57. The smallest absolute Gasteiger partial charge is 0.335 e. The average molecular weight is 604 g/mol. The number of fused-ring (bicyclic) bond motifs is 1. The molecule has 9 nitrogen and oxygen atoms in total. The standard InChI is InChI=1S/C25H22FIN4O5/c1-13-21-20(22(29(2)23(13)32)28-19-8-7-14(27)9-18(19)26)24(33)30(3)25(34)31(21)15-5-4-6-16(10-15)36-17-11-35-12-17/h4-10,17,28H,11-12H2,1-3H3. The van der Waals surface area contributed by atoms with Gasteiger partial charge in [0, 0.05) is 29.3 Å². The first-order valence-electron chi connectivity index (χ1n) is 11.1. The van der Waals surface area contributed by atoms with Crippen molar-refractivity contribution < 1.29 is 13.9 Å². The van der Waals surface area contributed by atoms with E-state index in [0.717, 1.165) is 4.57 Å². The summed E-state index contributed by atoms with van der Waals surface area (Å²) in [6.07, 6.45) is -0.0810. The second kappa shape index (κ2) is 9.21. The molecule has 11 heteroatoms. The van der Waals surface area contributed by atoms with Gasteiger partial charge in [0.05, 0.1) is 30.1 Å². The summed E-state index contributed by atoms with van der Waals surface area (Å²) in [5, 5.41) is 2.99. The Kier molecular flexibility index (Phi) is 6.20. The van der Waals surface area contributed by atoms with Crippen molar-refractivity contribution >= 4 is 45.0 Å². The monoisotopic (exact) mass is 604 g/mol. The van der Waals surface area contributed by atoms with Gasteiger partial charge in [0.2, 0.25) is 0 Å². The number of pyridine rings is 1. The largest absolute Gasteiger partial charge is 0.486 e. The molecule has 0 spiro atoms. The van der Waals surface area contributed by atoms with Gasteiger partial charge in [-0.15, -0.1) is 0 Å². The number of halogens is 2. The van der Waals surface area contributed by atoms with E-state index in [4.69, 9.17) is 9.47 Å². The molecule has 0 radical (unpaired) electrons. The van der Waals surface area contributed by atoms with Crippen LogP contribution in [0.3, 0.4) is 0 Å². The molecule has 5 rings (SSSR count). The number of nitrogens with zero attached hydrogens (tertiary/aromatic N) is 3. The molecule has 1 aliphatic heterocycles. The van der Waals surface area contributed by atoms with Gasteiger partial charge in [0.15, 0.2) is 0 Å². The Morgan fingerprint density at radius 3 is 2.47 bits per heavy atom. The van der Waals surface area contributed by atoms with Crippen LogP contribution in [0.25, 0.3) is 16.6 Å². The van der Waals surface area contributed by atoms with E-state index in [2.05, 4.69) is 5.32 Å². The number of ether oxygens (including phenoxy) is 2. The summed E-state index contributed by atoms with van der Waals surface area (Å²) in [5.41, 5.74) is -0.818. The number of aromatic nitrogens is 3. The summed E-state index contributed by atoms with van der Waals surface area (Å²) >= 11 is 1.99. The number of anilines is 2. The molecular weight excluding hydrogens is 582 g/mol. The number of hydrogen-bond donors (Lipinski definition) is 1. The zero-order valence-electron chi connectivity index (χ0n) is 19.7. The lowest BCUT2D eigenvalue weighted by Crippen LogP contribution is -2.40. The van der Waals surface area contributed by atoms with Crippen LogP contribution in [0.15, 0.2) is 56.8 Å². The van der Waals surface area contributed by atoms with Crippen LogP contribution in [-0.2, 0) is 18.8 Å². The van der Waals surface area contributed by atoms with Crippen molar-refractivity contribution in [3.05, 3.63) is 88.6 Å². The Balaban J connectivity index is 1.81. The minimum Gasteiger partial charge on any atom is -0.486 e. The van der Waals surface area contributed by atoms with Gasteiger partial charge in [0.25, 0.3) is 11.1 Å². The molecule has 0 aliphatic carbocycles. The Hall–Kier alpha value is -3.45. The first-order chi connectivity index (χ1) is 17.2. The molecule has 1 N–H and O–H groups in total. The van der Waals surface area contributed by atoms with Gasteiger partial charge in [-0.05, 0) is 59.8 Å². The van der Waals surface area contributed by atoms with Crippen molar-refractivity contribution in [3.8, 4) is 11.4 Å². The molecule has 1 fully saturated rings. The van der Waals surface area contributed by atoms with E-state index < -0.39 is 22.6 Å². The third kappa shape index (κ3) is 4.01. The van der Waals surface area contributed by atoms with Gasteiger partial charge < -0.3 is 14.8 Å². The van der Waals surface area contributed by atoms with Crippen molar-refractivity contribution in [2.75, 3.05) is 18.5 Å². The van der Waals surface area contributed by atoms with Crippen molar-refractivity contribution in [1.82, 2.24) is 13.7 Å². The molecule has 0 amide bonds. The highest BCUT2D eigenvalue weighted by Gasteiger charge is 2.24. The molecule has 0 unspecified atom stereocenters. The normalized spacial score (nSPS) is 13.6. The number of benzene rings is 2. The molecule has 2 aromatic heterocycles. The van der Waals surface area contributed by atoms with Gasteiger partial charge in [-0.2, -0.15) is 0 Å². The SMILES string of the molecule is Cc1c(=O)n(C)c(Nc2ccc(I)cc2F)c2c(=O)n(C)c(=O)n(-c3cccc(OC4COC4)c3)c12.